The van der Waals surface area contributed by atoms with E-state index in [9.17, 15) is 9.59 Å². The molecule has 8 heteroatoms. The summed E-state index contributed by atoms with van der Waals surface area (Å²) < 4.78 is 9.72. The molecule has 0 aromatic heterocycles. The van der Waals surface area contributed by atoms with Gasteiger partial charge in [0.25, 0.3) is 5.91 Å². The van der Waals surface area contributed by atoms with Crippen LogP contribution in [-0.4, -0.2) is 54.0 Å². The van der Waals surface area contributed by atoms with E-state index in [1.807, 2.05) is 0 Å². The third-order valence-electron chi connectivity index (χ3n) is 4.60. The summed E-state index contributed by atoms with van der Waals surface area (Å²) in [5.41, 5.74) is -0.148. The van der Waals surface area contributed by atoms with Gasteiger partial charge in [0.2, 0.25) is 5.91 Å². The molecule has 1 saturated heterocycles. The first-order valence-corrected chi connectivity index (χ1v) is 8.85. The lowest BCUT2D eigenvalue weighted by Crippen LogP contribution is -2.42. The predicted molar refractivity (Wildman–Crippen MR) is 95.1 cm³/mol. The van der Waals surface area contributed by atoms with Gasteiger partial charge in [0.1, 0.15) is 10.1 Å². The maximum atomic E-state index is 12.2. The van der Waals surface area contributed by atoms with Crippen LogP contribution in [0.4, 0.5) is 5.69 Å². The van der Waals surface area contributed by atoms with Crippen LogP contribution in [0.1, 0.15) is 13.3 Å². The van der Waals surface area contributed by atoms with E-state index in [0.717, 1.165) is 0 Å². The highest BCUT2D eigenvalue weighted by Gasteiger charge is 2.67. The first-order valence-electron chi connectivity index (χ1n) is 8.09. The second kappa shape index (κ2) is 7.02. The van der Waals surface area contributed by atoms with Crippen LogP contribution in [0.2, 0.25) is 0 Å². The summed E-state index contributed by atoms with van der Waals surface area (Å²) in [5, 5.41) is 2.79. The number of morpholine rings is 1. The standard InChI is InChI=1S/C17H20Cl2N2O4/c1-16(11-17(16,18)19)15(23)20-12-2-4-13(5-3-12)25-10-14(22)21-6-8-24-9-7-21/h2-5H,6-11H2,1H3,(H,20,23)/t16-/m1/s1. The Morgan fingerprint density at radius 1 is 1.24 bits per heavy atom. The van der Waals surface area contributed by atoms with Crippen molar-refractivity contribution in [2.75, 3.05) is 38.2 Å². The number of carbonyl (C=O) groups excluding carboxylic acids is 2. The summed E-state index contributed by atoms with van der Waals surface area (Å²) in [6.45, 7) is 4.01. The van der Waals surface area contributed by atoms with Gasteiger partial charge >= 0.3 is 0 Å². The van der Waals surface area contributed by atoms with Crippen molar-refractivity contribution in [2.45, 2.75) is 17.7 Å². The number of benzene rings is 1. The average molecular weight is 387 g/mol. The van der Waals surface area contributed by atoms with Crippen LogP contribution in [-0.2, 0) is 14.3 Å². The van der Waals surface area contributed by atoms with Crippen molar-refractivity contribution in [2.24, 2.45) is 5.41 Å². The molecule has 1 aliphatic heterocycles. The Morgan fingerprint density at radius 3 is 2.40 bits per heavy atom. The summed E-state index contributed by atoms with van der Waals surface area (Å²) in [4.78, 5) is 26.0. The molecule has 6 nitrogen and oxygen atoms in total. The Labute approximate surface area is 156 Å². The van der Waals surface area contributed by atoms with Gasteiger partial charge in [0.15, 0.2) is 6.61 Å². The summed E-state index contributed by atoms with van der Waals surface area (Å²) in [6.07, 6.45) is 0.430. The molecule has 2 amide bonds. The number of hydrogen-bond acceptors (Lipinski definition) is 4. The van der Waals surface area contributed by atoms with E-state index in [1.54, 1.807) is 36.1 Å². The molecule has 136 valence electrons. The largest absolute Gasteiger partial charge is 0.484 e. The molecule has 2 aliphatic rings. The van der Waals surface area contributed by atoms with E-state index >= 15 is 0 Å². The maximum absolute atomic E-state index is 12.2. The molecule has 1 atom stereocenters. The zero-order valence-electron chi connectivity index (χ0n) is 13.9. The number of anilines is 1. The van der Waals surface area contributed by atoms with Crippen LogP contribution in [0.3, 0.4) is 0 Å². The molecule has 1 aromatic carbocycles. The summed E-state index contributed by atoms with van der Waals surface area (Å²) >= 11 is 12.0. The molecule has 1 saturated carbocycles. The van der Waals surface area contributed by atoms with Crippen molar-refractivity contribution in [3.05, 3.63) is 24.3 Å². The minimum atomic E-state index is -1.00. The van der Waals surface area contributed by atoms with Crippen molar-refractivity contribution >= 4 is 40.7 Å². The van der Waals surface area contributed by atoms with Crippen molar-refractivity contribution in [1.82, 2.24) is 4.90 Å². The number of rotatable bonds is 5. The van der Waals surface area contributed by atoms with Gasteiger partial charge in [-0.2, -0.15) is 0 Å². The smallest absolute Gasteiger partial charge is 0.260 e. The summed E-state index contributed by atoms with van der Waals surface area (Å²) in [6, 6.07) is 6.82. The van der Waals surface area contributed by atoms with E-state index in [4.69, 9.17) is 32.7 Å². The van der Waals surface area contributed by atoms with Crippen LogP contribution < -0.4 is 10.1 Å². The van der Waals surface area contributed by atoms with Gasteiger partial charge in [-0.25, -0.2) is 0 Å². The molecule has 0 radical (unpaired) electrons. The Hall–Kier alpha value is -1.50. The Kier molecular flexibility index (Phi) is 5.14. The van der Waals surface area contributed by atoms with Gasteiger partial charge in [0, 0.05) is 18.8 Å². The molecule has 1 aromatic rings. The monoisotopic (exact) mass is 386 g/mol. The SMILES string of the molecule is C[C@]1(C(=O)Nc2ccc(OCC(=O)N3CCOCC3)cc2)CC1(Cl)Cl. The van der Waals surface area contributed by atoms with E-state index in [2.05, 4.69) is 5.32 Å². The van der Waals surface area contributed by atoms with E-state index < -0.39 is 9.75 Å². The van der Waals surface area contributed by atoms with Crippen LogP contribution >= 0.6 is 23.2 Å². The van der Waals surface area contributed by atoms with E-state index in [0.29, 0.717) is 44.2 Å². The fourth-order valence-corrected chi connectivity index (χ4v) is 3.31. The summed E-state index contributed by atoms with van der Waals surface area (Å²) in [7, 11) is 0. The Morgan fingerprint density at radius 2 is 1.84 bits per heavy atom. The summed E-state index contributed by atoms with van der Waals surface area (Å²) in [5.74, 6) is 0.276. The van der Waals surface area contributed by atoms with Crippen LogP contribution in [0.25, 0.3) is 0 Å². The van der Waals surface area contributed by atoms with Gasteiger partial charge in [0.05, 0.1) is 18.6 Å². The van der Waals surface area contributed by atoms with Crippen molar-refractivity contribution in [1.29, 1.82) is 0 Å². The molecule has 25 heavy (non-hydrogen) atoms. The van der Waals surface area contributed by atoms with Gasteiger partial charge in [-0.3, -0.25) is 9.59 Å². The average Bonchev–Trinajstić information content (AvgIpc) is 3.14. The number of nitrogens with one attached hydrogen (secondary N) is 1. The number of nitrogens with zero attached hydrogens (tertiary/aromatic N) is 1. The predicted octanol–water partition coefficient (Wildman–Crippen LogP) is 2.45. The number of alkyl halides is 2. The Balaban J connectivity index is 1.49. The van der Waals surface area contributed by atoms with Crippen molar-refractivity contribution in [3.63, 3.8) is 0 Å². The molecule has 2 fully saturated rings. The molecule has 1 aliphatic carbocycles. The van der Waals surface area contributed by atoms with Crippen molar-refractivity contribution < 1.29 is 19.1 Å². The van der Waals surface area contributed by atoms with E-state index in [-0.39, 0.29) is 18.4 Å². The molecule has 0 bridgehead atoms. The van der Waals surface area contributed by atoms with Gasteiger partial charge in [-0.1, -0.05) is 0 Å². The van der Waals surface area contributed by atoms with Gasteiger partial charge in [-0.15, -0.1) is 23.2 Å². The number of ether oxygens (including phenoxy) is 2. The zero-order chi connectivity index (χ0) is 18.1. The van der Waals surface area contributed by atoms with Crippen LogP contribution in [0.5, 0.6) is 5.75 Å². The highest BCUT2D eigenvalue weighted by atomic mass is 35.5. The second-order valence-corrected chi connectivity index (χ2v) is 7.96. The molecule has 1 heterocycles. The Bertz CT molecular complexity index is 659. The number of amides is 2. The quantitative estimate of drug-likeness (QED) is 0.789. The molecule has 3 rings (SSSR count). The maximum Gasteiger partial charge on any atom is 0.260 e. The third kappa shape index (κ3) is 4.02. The van der Waals surface area contributed by atoms with E-state index in [1.165, 1.54) is 0 Å². The molecule has 1 N–H and O–H groups in total. The number of carbonyl (C=O) groups is 2. The first kappa shape index (κ1) is 18.3. The van der Waals surface area contributed by atoms with Crippen molar-refractivity contribution in [3.8, 4) is 5.75 Å². The minimum Gasteiger partial charge on any atom is -0.484 e. The zero-order valence-corrected chi connectivity index (χ0v) is 15.4. The molecule has 0 spiro atoms. The third-order valence-corrected chi connectivity index (χ3v) is 5.70. The van der Waals surface area contributed by atoms with Gasteiger partial charge < -0.3 is 19.7 Å². The highest BCUT2D eigenvalue weighted by Crippen LogP contribution is 2.64. The fraction of sp³-hybridized carbons (Fsp3) is 0.529. The topological polar surface area (TPSA) is 67.9 Å². The lowest BCUT2D eigenvalue weighted by atomic mass is 10.1. The van der Waals surface area contributed by atoms with Gasteiger partial charge in [-0.05, 0) is 37.6 Å². The van der Waals surface area contributed by atoms with Crippen LogP contribution in [0, 0.1) is 5.41 Å². The van der Waals surface area contributed by atoms with Crippen LogP contribution in [0.15, 0.2) is 24.3 Å². The molecular formula is C17H20Cl2N2O4. The second-order valence-electron chi connectivity index (χ2n) is 6.47. The number of halogens is 2. The normalized spacial score (nSPS) is 24.5. The molecular weight excluding hydrogens is 367 g/mol. The number of hydrogen-bond donors (Lipinski definition) is 1. The lowest BCUT2D eigenvalue weighted by Gasteiger charge is -2.26. The lowest BCUT2D eigenvalue weighted by molar-refractivity contribution is -0.137. The highest BCUT2D eigenvalue weighted by molar-refractivity contribution is 6.53. The minimum absolute atomic E-state index is 0.0230. The first-order chi connectivity index (χ1) is 11.8. The fourth-order valence-electron chi connectivity index (χ4n) is 2.60. The molecule has 0 unspecified atom stereocenters.